The van der Waals surface area contributed by atoms with Crippen LogP contribution < -0.4 is 11.1 Å². The van der Waals surface area contributed by atoms with Crippen molar-refractivity contribution in [3.05, 3.63) is 22.4 Å². The number of carbonyl (C=O) groups excluding carboxylic acids is 1. The van der Waals surface area contributed by atoms with Gasteiger partial charge in [-0.25, -0.2) is 0 Å². The van der Waals surface area contributed by atoms with Crippen LogP contribution in [0.3, 0.4) is 0 Å². The topological polar surface area (TPSA) is 87.7 Å². The number of hydrogen-bond donors (Lipinski definition) is 3. The molecule has 1 amide bonds. The number of nitrogens with zero attached hydrogens (tertiary/aromatic N) is 1. The number of amides is 1. The molecule has 1 aliphatic rings. The average Bonchev–Trinajstić information content (AvgIpc) is 2.99. The zero-order valence-electron chi connectivity index (χ0n) is 9.35. The van der Waals surface area contributed by atoms with Gasteiger partial charge in [0.15, 0.2) is 5.84 Å². The summed E-state index contributed by atoms with van der Waals surface area (Å²) in [7, 11) is 0. The molecule has 1 fully saturated rings. The third-order valence-electron chi connectivity index (χ3n) is 3.19. The molecule has 0 unspecified atom stereocenters. The Balaban J connectivity index is 2.17. The summed E-state index contributed by atoms with van der Waals surface area (Å²) in [6.45, 7) is 0. The maximum atomic E-state index is 12.0. The standard InChI is InChI=1S/C11H15N3O2S/c12-10(14-16)11(4-1-2-5-11)13-9(15)8-3-6-17-7-8/h3,6-7,16H,1-2,4-5H2,(H2,12,14)(H,13,15). The van der Waals surface area contributed by atoms with Crippen LogP contribution in [-0.4, -0.2) is 22.5 Å². The second kappa shape index (κ2) is 4.75. The maximum Gasteiger partial charge on any atom is 0.252 e. The summed E-state index contributed by atoms with van der Waals surface area (Å²) in [5, 5.41) is 18.4. The molecule has 0 saturated heterocycles. The number of rotatable bonds is 3. The van der Waals surface area contributed by atoms with E-state index in [-0.39, 0.29) is 11.7 Å². The Labute approximate surface area is 103 Å². The van der Waals surface area contributed by atoms with Crippen molar-refractivity contribution in [2.75, 3.05) is 0 Å². The van der Waals surface area contributed by atoms with E-state index in [1.165, 1.54) is 11.3 Å². The van der Waals surface area contributed by atoms with Crippen LogP contribution in [0.25, 0.3) is 0 Å². The maximum absolute atomic E-state index is 12.0. The summed E-state index contributed by atoms with van der Waals surface area (Å²) in [4.78, 5) is 12.0. The number of thiophene rings is 1. The van der Waals surface area contributed by atoms with Gasteiger partial charge >= 0.3 is 0 Å². The Kier molecular flexibility index (Phi) is 3.33. The molecule has 1 aromatic rings. The molecular formula is C11H15N3O2S. The monoisotopic (exact) mass is 253 g/mol. The lowest BCUT2D eigenvalue weighted by molar-refractivity contribution is 0.0923. The van der Waals surface area contributed by atoms with Gasteiger partial charge in [0.05, 0.1) is 5.56 Å². The fourth-order valence-corrected chi connectivity index (χ4v) is 2.84. The van der Waals surface area contributed by atoms with Crippen molar-refractivity contribution in [1.29, 1.82) is 0 Å². The molecule has 0 radical (unpaired) electrons. The summed E-state index contributed by atoms with van der Waals surface area (Å²) >= 11 is 1.47. The Hall–Kier alpha value is -1.56. The van der Waals surface area contributed by atoms with Gasteiger partial charge in [-0.1, -0.05) is 18.0 Å². The van der Waals surface area contributed by atoms with Gasteiger partial charge in [-0.3, -0.25) is 4.79 Å². The smallest absolute Gasteiger partial charge is 0.252 e. The number of hydrogen-bond acceptors (Lipinski definition) is 4. The zero-order valence-corrected chi connectivity index (χ0v) is 10.2. The lowest BCUT2D eigenvalue weighted by Gasteiger charge is -2.28. The molecule has 0 spiro atoms. The minimum absolute atomic E-state index is 0.0959. The normalized spacial score (nSPS) is 19.2. The van der Waals surface area contributed by atoms with E-state index in [2.05, 4.69) is 10.5 Å². The third-order valence-corrected chi connectivity index (χ3v) is 3.87. The van der Waals surface area contributed by atoms with E-state index in [1.54, 1.807) is 11.4 Å². The van der Waals surface area contributed by atoms with Crippen LogP contribution in [0.15, 0.2) is 22.0 Å². The first-order valence-corrected chi connectivity index (χ1v) is 6.45. The van der Waals surface area contributed by atoms with E-state index in [1.807, 2.05) is 5.38 Å². The summed E-state index contributed by atoms with van der Waals surface area (Å²) in [6, 6.07) is 1.76. The first-order chi connectivity index (χ1) is 8.18. The highest BCUT2D eigenvalue weighted by molar-refractivity contribution is 7.08. The molecule has 5 nitrogen and oxygen atoms in total. The molecular weight excluding hydrogens is 238 g/mol. The molecule has 0 aliphatic heterocycles. The first kappa shape index (κ1) is 11.9. The predicted octanol–water partition coefficient (Wildman–Crippen LogP) is 1.54. The van der Waals surface area contributed by atoms with Crippen LogP contribution in [-0.2, 0) is 0 Å². The van der Waals surface area contributed by atoms with Crippen LogP contribution >= 0.6 is 11.3 Å². The highest BCUT2D eigenvalue weighted by Crippen LogP contribution is 2.30. The van der Waals surface area contributed by atoms with Crippen molar-refractivity contribution in [2.45, 2.75) is 31.2 Å². The van der Waals surface area contributed by atoms with Gasteiger partial charge < -0.3 is 16.3 Å². The van der Waals surface area contributed by atoms with Crippen molar-refractivity contribution in [3.63, 3.8) is 0 Å². The Morgan fingerprint density at radius 1 is 1.53 bits per heavy atom. The molecule has 1 heterocycles. The van der Waals surface area contributed by atoms with Crippen LogP contribution in [0.2, 0.25) is 0 Å². The predicted molar refractivity (Wildman–Crippen MR) is 66.4 cm³/mol. The summed E-state index contributed by atoms with van der Waals surface area (Å²) in [5.41, 5.74) is 5.65. The molecule has 1 aromatic heterocycles. The summed E-state index contributed by atoms with van der Waals surface area (Å²) in [6.07, 6.45) is 3.39. The Morgan fingerprint density at radius 2 is 2.24 bits per heavy atom. The molecule has 0 aromatic carbocycles. The SMILES string of the molecule is N/C(=N/O)C1(NC(=O)c2ccsc2)CCCC1. The molecule has 6 heteroatoms. The van der Waals surface area contributed by atoms with Crippen molar-refractivity contribution in [1.82, 2.24) is 5.32 Å². The zero-order chi connectivity index (χ0) is 12.3. The van der Waals surface area contributed by atoms with E-state index >= 15 is 0 Å². The fourth-order valence-electron chi connectivity index (χ4n) is 2.20. The molecule has 1 aliphatic carbocycles. The minimum atomic E-state index is -0.673. The lowest BCUT2D eigenvalue weighted by Crippen LogP contribution is -2.55. The molecule has 2 rings (SSSR count). The van der Waals surface area contributed by atoms with Gasteiger partial charge in [-0.2, -0.15) is 11.3 Å². The van der Waals surface area contributed by atoms with Crippen molar-refractivity contribution >= 4 is 23.1 Å². The van der Waals surface area contributed by atoms with Crippen molar-refractivity contribution in [2.24, 2.45) is 10.9 Å². The van der Waals surface area contributed by atoms with Gasteiger partial charge in [0, 0.05) is 5.38 Å². The largest absolute Gasteiger partial charge is 0.409 e. The van der Waals surface area contributed by atoms with Gasteiger partial charge in [0.25, 0.3) is 5.91 Å². The number of oxime groups is 1. The van der Waals surface area contributed by atoms with Crippen LogP contribution in [0, 0.1) is 0 Å². The highest BCUT2D eigenvalue weighted by Gasteiger charge is 2.39. The van der Waals surface area contributed by atoms with Gasteiger partial charge in [0.1, 0.15) is 5.54 Å². The number of amidine groups is 1. The van der Waals surface area contributed by atoms with Crippen LogP contribution in [0.4, 0.5) is 0 Å². The van der Waals surface area contributed by atoms with Crippen LogP contribution in [0.1, 0.15) is 36.0 Å². The van der Waals surface area contributed by atoms with Crippen molar-refractivity contribution in [3.8, 4) is 0 Å². The molecule has 0 bridgehead atoms. The number of nitrogens with two attached hydrogens (primary N) is 1. The van der Waals surface area contributed by atoms with Crippen LogP contribution in [0.5, 0.6) is 0 Å². The lowest BCUT2D eigenvalue weighted by atomic mass is 9.95. The quantitative estimate of drug-likeness (QED) is 0.330. The molecule has 4 N–H and O–H groups in total. The van der Waals surface area contributed by atoms with Gasteiger partial charge in [0.2, 0.25) is 0 Å². The third kappa shape index (κ3) is 2.26. The Morgan fingerprint density at radius 3 is 2.76 bits per heavy atom. The highest BCUT2D eigenvalue weighted by atomic mass is 32.1. The van der Waals surface area contributed by atoms with E-state index in [4.69, 9.17) is 10.9 Å². The van der Waals surface area contributed by atoms with E-state index in [9.17, 15) is 4.79 Å². The summed E-state index contributed by atoms with van der Waals surface area (Å²) in [5.74, 6) is -0.0710. The first-order valence-electron chi connectivity index (χ1n) is 5.51. The average molecular weight is 253 g/mol. The second-order valence-corrected chi connectivity index (χ2v) is 5.02. The fraction of sp³-hybridized carbons (Fsp3) is 0.455. The second-order valence-electron chi connectivity index (χ2n) is 4.24. The van der Waals surface area contributed by atoms with Gasteiger partial charge in [-0.15, -0.1) is 0 Å². The Bertz CT molecular complexity index is 422. The van der Waals surface area contributed by atoms with E-state index < -0.39 is 5.54 Å². The molecule has 0 atom stereocenters. The molecule has 1 saturated carbocycles. The number of nitrogens with one attached hydrogen (secondary N) is 1. The van der Waals surface area contributed by atoms with Gasteiger partial charge in [-0.05, 0) is 24.3 Å². The van der Waals surface area contributed by atoms with E-state index in [0.29, 0.717) is 5.56 Å². The number of carbonyl (C=O) groups is 1. The summed E-state index contributed by atoms with van der Waals surface area (Å²) < 4.78 is 0. The molecule has 17 heavy (non-hydrogen) atoms. The van der Waals surface area contributed by atoms with Crippen molar-refractivity contribution < 1.29 is 10.0 Å². The van der Waals surface area contributed by atoms with E-state index in [0.717, 1.165) is 25.7 Å². The minimum Gasteiger partial charge on any atom is -0.409 e. The molecule has 92 valence electrons.